The van der Waals surface area contributed by atoms with Gasteiger partial charge in [0.25, 0.3) is 0 Å². The first kappa shape index (κ1) is 13.3. The summed E-state index contributed by atoms with van der Waals surface area (Å²) in [6.45, 7) is 5.75. The molecule has 16 heavy (non-hydrogen) atoms. The molecule has 0 heterocycles. The molecule has 0 bridgehead atoms. The van der Waals surface area contributed by atoms with Crippen LogP contribution in [0.5, 0.6) is 0 Å². The molecule has 92 valence electrons. The lowest BCUT2D eigenvalue weighted by atomic mass is 9.98. The molecule has 1 fully saturated rings. The van der Waals surface area contributed by atoms with Gasteiger partial charge >= 0.3 is 5.97 Å². The number of rotatable bonds is 2. The molecule has 0 N–H and O–H groups in total. The molecule has 1 aliphatic rings. The van der Waals surface area contributed by atoms with Crippen LogP contribution in [0.15, 0.2) is 11.1 Å². The lowest BCUT2D eigenvalue weighted by molar-refractivity contribution is -0.145. The second-order valence-corrected chi connectivity index (χ2v) is 5.00. The van der Waals surface area contributed by atoms with E-state index < -0.39 is 0 Å². The Balaban J connectivity index is 2.45. The number of carbonyl (C=O) groups excluding carboxylic acids is 1. The fraction of sp³-hybridized carbons (Fsp3) is 0.786. The Labute approximate surface area is 99.1 Å². The molecule has 0 aromatic heterocycles. The van der Waals surface area contributed by atoms with E-state index >= 15 is 0 Å². The normalized spacial score (nSPS) is 18.4. The van der Waals surface area contributed by atoms with E-state index in [0.717, 1.165) is 24.0 Å². The summed E-state index contributed by atoms with van der Waals surface area (Å²) in [5.74, 6) is -0.120. The number of hydrogen-bond donors (Lipinski definition) is 0. The highest BCUT2D eigenvalue weighted by atomic mass is 16.5. The van der Waals surface area contributed by atoms with Crippen LogP contribution < -0.4 is 0 Å². The summed E-state index contributed by atoms with van der Waals surface area (Å²) < 4.78 is 5.55. The predicted molar refractivity (Wildman–Crippen MR) is 66.2 cm³/mol. The highest BCUT2D eigenvalue weighted by Crippen LogP contribution is 2.20. The van der Waals surface area contributed by atoms with Crippen LogP contribution in [0.3, 0.4) is 0 Å². The summed E-state index contributed by atoms with van der Waals surface area (Å²) in [5, 5.41) is 0. The van der Waals surface area contributed by atoms with E-state index in [9.17, 15) is 4.79 Å². The van der Waals surface area contributed by atoms with Gasteiger partial charge in [0, 0.05) is 5.57 Å². The zero-order valence-corrected chi connectivity index (χ0v) is 10.8. The van der Waals surface area contributed by atoms with E-state index in [1.807, 2.05) is 20.8 Å². The van der Waals surface area contributed by atoms with Gasteiger partial charge in [-0.05, 0) is 46.5 Å². The number of allylic oxidation sites excluding steroid dienone is 1. The minimum Gasteiger partial charge on any atom is -0.459 e. The number of ether oxygens (including phenoxy) is 1. The van der Waals surface area contributed by atoms with Crippen molar-refractivity contribution in [3.8, 4) is 0 Å². The number of esters is 1. The molecular weight excluding hydrogens is 200 g/mol. The van der Waals surface area contributed by atoms with Crippen LogP contribution in [0.4, 0.5) is 0 Å². The standard InChI is InChI=1S/C14H24O2/c1-11(2)12(3)14(15)16-13-9-7-5-4-6-8-10-13/h13H,4-10H2,1-3H3. The van der Waals surface area contributed by atoms with Crippen molar-refractivity contribution in [3.05, 3.63) is 11.1 Å². The SMILES string of the molecule is CC(C)=C(C)C(=O)OC1CCCCCCC1. The molecule has 0 aromatic rings. The van der Waals surface area contributed by atoms with Gasteiger partial charge in [-0.15, -0.1) is 0 Å². The summed E-state index contributed by atoms with van der Waals surface area (Å²) in [6, 6.07) is 0. The third-order valence-corrected chi connectivity index (χ3v) is 3.38. The van der Waals surface area contributed by atoms with Gasteiger partial charge in [0.2, 0.25) is 0 Å². The van der Waals surface area contributed by atoms with Gasteiger partial charge in [-0.25, -0.2) is 4.79 Å². The van der Waals surface area contributed by atoms with Gasteiger partial charge in [-0.1, -0.05) is 24.8 Å². The first-order valence-corrected chi connectivity index (χ1v) is 6.46. The van der Waals surface area contributed by atoms with Crippen LogP contribution in [0, 0.1) is 0 Å². The number of hydrogen-bond acceptors (Lipinski definition) is 2. The van der Waals surface area contributed by atoms with Crippen molar-refractivity contribution in [2.24, 2.45) is 0 Å². The monoisotopic (exact) mass is 224 g/mol. The molecule has 1 aliphatic carbocycles. The topological polar surface area (TPSA) is 26.3 Å². The van der Waals surface area contributed by atoms with Crippen LogP contribution in [-0.4, -0.2) is 12.1 Å². The third-order valence-electron chi connectivity index (χ3n) is 3.38. The zero-order valence-electron chi connectivity index (χ0n) is 10.8. The quantitative estimate of drug-likeness (QED) is 0.523. The van der Waals surface area contributed by atoms with Crippen LogP contribution in [0.2, 0.25) is 0 Å². The summed E-state index contributed by atoms with van der Waals surface area (Å²) in [5.41, 5.74) is 1.82. The Hall–Kier alpha value is -0.790. The van der Waals surface area contributed by atoms with Gasteiger partial charge in [0.1, 0.15) is 6.10 Å². The van der Waals surface area contributed by atoms with Gasteiger partial charge < -0.3 is 4.74 Å². The van der Waals surface area contributed by atoms with Crippen LogP contribution in [0.1, 0.15) is 65.7 Å². The van der Waals surface area contributed by atoms with Crippen molar-refractivity contribution in [1.29, 1.82) is 0 Å². The van der Waals surface area contributed by atoms with E-state index in [0.29, 0.717) is 0 Å². The van der Waals surface area contributed by atoms with Crippen molar-refractivity contribution < 1.29 is 9.53 Å². The molecule has 1 rings (SSSR count). The summed E-state index contributed by atoms with van der Waals surface area (Å²) >= 11 is 0. The molecule has 0 aromatic carbocycles. The molecular formula is C14H24O2. The maximum atomic E-state index is 11.8. The Morgan fingerprint density at radius 2 is 1.44 bits per heavy atom. The molecule has 0 amide bonds. The van der Waals surface area contributed by atoms with E-state index in [1.54, 1.807) is 0 Å². The van der Waals surface area contributed by atoms with E-state index in [-0.39, 0.29) is 12.1 Å². The summed E-state index contributed by atoms with van der Waals surface area (Å²) in [6.07, 6.45) is 8.56. The molecule has 1 saturated carbocycles. The fourth-order valence-electron chi connectivity index (χ4n) is 1.98. The Kier molecular flexibility index (Phi) is 5.58. The molecule has 0 saturated heterocycles. The minimum atomic E-state index is -0.120. The van der Waals surface area contributed by atoms with Gasteiger partial charge in [0.05, 0.1) is 0 Å². The number of carbonyl (C=O) groups is 1. The van der Waals surface area contributed by atoms with E-state index in [2.05, 4.69) is 0 Å². The first-order chi connectivity index (χ1) is 7.61. The zero-order chi connectivity index (χ0) is 12.0. The molecule has 0 unspecified atom stereocenters. The fourth-order valence-corrected chi connectivity index (χ4v) is 1.98. The molecule has 0 aliphatic heterocycles. The first-order valence-electron chi connectivity index (χ1n) is 6.46. The highest BCUT2D eigenvalue weighted by Gasteiger charge is 2.17. The second-order valence-electron chi connectivity index (χ2n) is 5.00. The average molecular weight is 224 g/mol. The predicted octanol–water partition coefficient (Wildman–Crippen LogP) is 4.00. The van der Waals surface area contributed by atoms with Crippen molar-refractivity contribution in [2.75, 3.05) is 0 Å². The third kappa shape index (κ3) is 4.38. The molecule has 0 spiro atoms. The van der Waals surface area contributed by atoms with E-state index in [4.69, 9.17) is 4.74 Å². The molecule has 0 atom stereocenters. The Morgan fingerprint density at radius 3 is 1.94 bits per heavy atom. The Bertz CT molecular complexity index is 254. The van der Waals surface area contributed by atoms with Gasteiger partial charge in [0.15, 0.2) is 0 Å². The van der Waals surface area contributed by atoms with Crippen molar-refractivity contribution in [3.63, 3.8) is 0 Å². The van der Waals surface area contributed by atoms with Crippen molar-refractivity contribution in [1.82, 2.24) is 0 Å². The maximum absolute atomic E-state index is 11.8. The summed E-state index contributed by atoms with van der Waals surface area (Å²) in [7, 11) is 0. The van der Waals surface area contributed by atoms with Crippen LogP contribution in [0.25, 0.3) is 0 Å². The van der Waals surface area contributed by atoms with Crippen LogP contribution in [-0.2, 0) is 9.53 Å². The molecule has 2 heteroatoms. The minimum absolute atomic E-state index is 0.120. The smallest absolute Gasteiger partial charge is 0.333 e. The maximum Gasteiger partial charge on any atom is 0.333 e. The molecule has 2 nitrogen and oxygen atoms in total. The second kappa shape index (κ2) is 6.72. The van der Waals surface area contributed by atoms with Crippen LogP contribution >= 0.6 is 0 Å². The Morgan fingerprint density at radius 1 is 0.938 bits per heavy atom. The van der Waals surface area contributed by atoms with Crippen molar-refractivity contribution >= 4 is 5.97 Å². The largest absolute Gasteiger partial charge is 0.459 e. The van der Waals surface area contributed by atoms with Gasteiger partial charge in [-0.3, -0.25) is 0 Å². The van der Waals surface area contributed by atoms with E-state index in [1.165, 1.54) is 32.1 Å². The highest BCUT2D eigenvalue weighted by molar-refractivity contribution is 5.88. The van der Waals surface area contributed by atoms with Gasteiger partial charge in [-0.2, -0.15) is 0 Å². The molecule has 0 radical (unpaired) electrons. The van der Waals surface area contributed by atoms with Crippen molar-refractivity contribution in [2.45, 2.75) is 71.8 Å². The lowest BCUT2D eigenvalue weighted by Crippen LogP contribution is -2.20. The summed E-state index contributed by atoms with van der Waals surface area (Å²) in [4.78, 5) is 11.8. The average Bonchev–Trinajstić information content (AvgIpc) is 2.20. The lowest BCUT2D eigenvalue weighted by Gasteiger charge is -2.20.